The maximum Gasteiger partial charge on any atom is 0.214 e. The molecule has 26 heavy (non-hydrogen) atoms. The highest BCUT2D eigenvalue weighted by Crippen LogP contribution is 2.36. The maximum absolute atomic E-state index is 12.2. The van der Waals surface area contributed by atoms with Crippen LogP contribution < -0.4 is 0 Å². The third-order valence-electron chi connectivity index (χ3n) is 3.66. The van der Waals surface area contributed by atoms with Crippen molar-refractivity contribution in [3.8, 4) is 12.3 Å². The molecule has 0 amide bonds. The van der Waals surface area contributed by atoms with Gasteiger partial charge in [0.05, 0.1) is 37.0 Å². The van der Waals surface area contributed by atoms with Crippen molar-refractivity contribution in [3.63, 3.8) is 0 Å². The van der Waals surface area contributed by atoms with Crippen molar-refractivity contribution < 1.29 is 33.6 Å². The van der Waals surface area contributed by atoms with Gasteiger partial charge in [0.15, 0.2) is 5.60 Å². The van der Waals surface area contributed by atoms with Gasteiger partial charge in [0.25, 0.3) is 0 Å². The summed E-state index contributed by atoms with van der Waals surface area (Å²) in [5, 5.41) is 9.78. The molecule has 0 saturated heterocycles. The predicted octanol–water partition coefficient (Wildman–Crippen LogP) is 0.863. The molecule has 0 bridgehead atoms. The number of carbonyl (C=O) groups excluding carboxylic acids is 2. The van der Waals surface area contributed by atoms with E-state index in [1.54, 1.807) is 0 Å². The summed E-state index contributed by atoms with van der Waals surface area (Å²) in [6, 6.07) is 0. The Kier molecular flexibility index (Phi) is 7.14. The molecule has 1 aliphatic carbocycles. The maximum atomic E-state index is 12.2. The van der Waals surface area contributed by atoms with Crippen molar-refractivity contribution in [3.05, 3.63) is 34.3 Å². The second-order valence-corrected chi connectivity index (χ2v) is 6.02. The molecule has 0 aromatic rings. The fraction of sp³-hybridized carbons (Fsp3) is 0.444. The van der Waals surface area contributed by atoms with Gasteiger partial charge in [-0.3, -0.25) is 9.59 Å². The molecule has 8 heteroatoms. The lowest BCUT2D eigenvalue weighted by Gasteiger charge is -2.29. The highest BCUT2D eigenvalue weighted by atomic mass is 35.5. The monoisotopic (exact) mass is 382 g/mol. The zero-order valence-corrected chi connectivity index (χ0v) is 15.0. The summed E-state index contributed by atoms with van der Waals surface area (Å²) in [7, 11) is 0. The van der Waals surface area contributed by atoms with Gasteiger partial charge in [-0.15, -0.1) is 6.42 Å². The zero-order chi connectivity index (χ0) is 19.2. The van der Waals surface area contributed by atoms with Crippen molar-refractivity contribution in [2.24, 2.45) is 0 Å². The molecule has 0 aromatic carbocycles. The van der Waals surface area contributed by atoms with Crippen LogP contribution in [0.2, 0.25) is 0 Å². The first-order valence-corrected chi connectivity index (χ1v) is 8.23. The summed E-state index contributed by atoms with van der Waals surface area (Å²) in [6.45, 7) is 2.95. The third-order valence-corrected chi connectivity index (χ3v) is 4.04. The number of halogens is 1. The lowest BCUT2D eigenvalue weighted by Crippen LogP contribution is -2.48. The molecule has 1 heterocycles. The van der Waals surface area contributed by atoms with Gasteiger partial charge in [0.1, 0.15) is 25.2 Å². The number of ketones is 2. The summed E-state index contributed by atoms with van der Waals surface area (Å²) in [5.74, 6) is 1.14. The number of fused-ring (bicyclic) bond motifs is 1. The fourth-order valence-electron chi connectivity index (χ4n) is 2.25. The summed E-state index contributed by atoms with van der Waals surface area (Å²) in [5.41, 5.74) is -1.91. The Labute approximate surface area is 156 Å². The molecular weight excluding hydrogens is 364 g/mol. The summed E-state index contributed by atoms with van der Waals surface area (Å²) in [6.07, 6.45) is 7.66. The molecule has 2 rings (SSSR count). The normalized spacial score (nSPS) is 22.4. The van der Waals surface area contributed by atoms with E-state index in [0.717, 1.165) is 6.92 Å². The van der Waals surface area contributed by atoms with Gasteiger partial charge in [-0.05, 0) is 13.0 Å². The van der Waals surface area contributed by atoms with E-state index in [9.17, 15) is 14.7 Å². The Morgan fingerprint density at radius 2 is 1.85 bits per heavy atom. The molecule has 0 aromatic heterocycles. The van der Waals surface area contributed by atoms with E-state index in [2.05, 4.69) is 5.92 Å². The molecular formula is C18H19ClO7. The first-order valence-electron chi connectivity index (χ1n) is 7.85. The van der Waals surface area contributed by atoms with Crippen LogP contribution in [-0.2, 0) is 28.5 Å². The SMILES string of the molecule is C#CCOCCOCCOCC1=CC2=C(Cl)C(=O)C(C)(O)C(=O)C2=CO1. The lowest BCUT2D eigenvalue weighted by atomic mass is 9.80. The van der Waals surface area contributed by atoms with E-state index >= 15 is 0 Å². The quantitative estimate of drug-likeness (QED) is 0.359. The number of rotatable bonds is 9. The van der Waals surface area contributed by atoms with Crippen molar-refractivity contribution in [1.29, 1.82) is 0 Å². The van der Waals surface area contributed by atoms with Crippen LogP contribution in [0.4, 0.5) is 0 Å². The second-order valence-electron chi connectivity index (χ2n) is 5.64. The van der Waals surface area contributed by atoms with E-state index in [-0.39, 0.29) is 29.4 Å². The second kappa shape index (κ2) is 9.12. The van der Waals surface area contributed by atoms with Gasteiger partial charge in [0.2, 0.25) is 11.6 Å². The number of hydrogen-bond donors (Lipinski definition) is 1. The van der Waals surface area contributed by atoms with Gasteiger partial charge in [0, 0.05) is 5.57 Å². The standard InChI is InChI=1S/C18H19ClO7/c1-3-4-23-5-6-24-7-8-25-10-12-9-13-14(11-26-12)16(20)18(2,22)17(21)15(13)19/h1,9,11,22H,4-8,10H2,2H3. The average molecular weight is 383 g/mol. The van der Waals surface area contributed by atoms with Crippen LogP contribution >= 0.6 is 11.6 Å². The van der Waals surface area contributed by atoms with E-state index < -0.39 is 17.2 Å². The number of allylic oxidation sites excluding steroid dienone is 2. The van der Waals surface area contributed by atoms with Crippen LogP contribution in [-0.4, -0.2) is 61.9 Å². The van der Waals surface area contributed by atoms with Crippen LogP contribution in [0, 0.1) is 12.3 Å². The Hall–Kier alpha value is -1.95. The van der Waals surface area contributed by atoms with Crippen LogP contribution in [0.1, 0.15) is 6.92 Å². The van der Waals surface area contributed by atoms with Crippen LogP contribution in [0.3, 0.4) is 0 Å². The van der Waals surface area contributed by atoms with Crippen LogP contribution in [0.25, 0.3) is 0 Å². The fourth-order valence-corrected chi connectivity index (χ4v) is 2.59. The Morgan fingerprint density at radius 1 is 1.19 bits per heavy atom. The first kappa shape index (κ1) is 20.4. The minimum absolute atomic E-state index is 0.0543. The number of hydrogen-bond acceptors (Lipinski definition) is 7. The Morgan fingerprint density at radius 3 is 2.54 bits per heavy atom. The van der Waals surface area contributed by atoms with Gasteiger partial charge in [-0.2, -0.15) is 0 Å². The molecule has 0 saturated carbocycles. The third kappa shape index (κ3) is 4.61. The number of Topliss-reactive ketones (excluding diaryl/α,β-unsaturated/α-hetero) is 2. The highest BCUT2D eigenvalue weighted by Gasteiger charge is 2.48. The summed E-state index contributed by atoms with van der Waals surface area (Å²) >= 11 is 6.00. The molecule has 7 nitrogen and oxygen atoms in total. The van der Waals surface area contributed by atoms with Crippen molar-refractivity contribution >= 4 is 23.2 Å². The summed E-state index contributed by atoms with van der Waals surface area (Å²) in [4.78, 5) is 24.2. The minimum atomic E-state index is -2.18. The zero-order valence-electron chi connectivity index (χ0n) is 14.2. The predicted molar refractivity (Wildman–Crippen MR) is 92.1 cm³/mol. The Bertz CT molecular complexity index is 710. The highest BCUT2D eigenvalue weighted by molar-refractivity contribution is 6.49. The molecule has 0 spiro atoms. The summed E-state index contributed by atoms with van der Waals surface area (Å²) < 4.78 is 21.1. The smallest absolute Gasteiger partial charge is 0.214 e. The van der Waals surface area contributed by atoms with E-state index in [4.69, 9.17) is 37.0 Å². The molecule has 1 unspecified atom stereocenters. The van der Waals surface area contributed by atoms with Gasteiger partial charge >= 0.3 is 0 Å². The minimum Gasteiger partial charge on any atom is -0.466 e. The molecule has 2 aliphatic rings. The average Bonchev–Trinajstić information content (AvgIpc) is 2.63. The molecule has 0 fully saturated rings. The number of terminal acetylenes is 1. The molecule has 1 atom stereocenters. The van der Waals surface area contributed by atoms with Crippen molar-refractivity contribution in [1.82, 2.24) is 0 Å². The topological polar surface area (TPSA) is 91.3 Å². The van der Waals surface area contributed by atoms with E-state index in [0.29, 0.717) is 32.2 Å². The van der Waals surface area contributed by atoms with E-state index in [1.165, 1.54) is 12.3 Å². The Balaban J connectivity index is 1.82. The van der Waals surface area contributed by atoms with Crippen molar-refractivity contribution in [2.45, 2.75) is 12.5 Å². The van der Waals surface area contributed by atoms with Gasteiger partial charge in [-0.25, -0.2) is 0 Å². The lowest BCUT2D eigenvalue weighted by molar-refractivity contribution is -0.144. The number of aliphatic hydroxyl groups is 1. The number of ether oxygens (including phenoxy) is 4. The van der Waals surface area contributed by atoms with Crippen LogP contribution in [0.5, 0.6) is 0 Å². The molecule has 1 aliphatic heterocycles. The molecule has 0 radical (unpaired) electrons. The van der Waals surface area contributed by atoms with Gasteiger partial charge < -0.3 is 24.1 Å². The largest absolute Gasteiger partial charge is 0.466 e. The van der Waals surface area contributed by atoms with Gasteiger partial charge in [-0.1, -0.05) is 17.5 Å². The van der Waals surface area contributed by atoms with Crippen LogP contribution in [0.15, 0.2) is 34.3 Å². The first-order chi connectivity index (χ1) is 12.4. The molecule has 1 N–H and O–H groups in total. The van der Waals surface area contributed by atoms with Crippen molar-refractivity contribution in [2.75, 3.05) is 39.6 Å². The van der Waals surface area contributed by atoms with E-state index in [1.807, 2.05) is 0 Å². The molecule has 140 valence electrons. The number of carbonyl (C=O) groups is 2.